The Balaban J connectivity index is 1.49. The summed E-state index contributed by atoms with van der Waals surface area (Å²) >= 11 is 0. The van der Waals surface area contributed by atoms with E-state index in [1.165, 1.54) is 12.8 Å². The molecule has 9 heteroatoms. The highest BCUT2D eigenvalue weighted by atomic mass is 16.5. The van der Waals surface area contributed by atoms with Crippen LogP contribution in [0.4, 0.5) is 17.5 Å². The van der Waals surface area contributed by atoms with Crippen LogP contribution in [0.5, 0.6) is 5.75 Å². The van der Waals surface area contributed by atoms with E-state index in [9.17, 15) is 4.79 Å². The van der Waals surface area contributed by atoms with Crippen LogP contribution in [-0.4, -0.2) is 63.4 Å². The minimum Gasteiger partial charge on any atom is -0.492 e. The Morgan fingerprint density at radius 3 is 2.47 bits per heavy atom. The topological polar surface area (TPSA) is 99.3 Å². The fraction of sp³-hybridized carbons (Fsp3) is 0.556. The third kappa shape index (κ3) is 6.32. The van der Waals surface area contributed by atoms with Crippen molar-refractivity contribution in [2.45, 2.75) is 71.9 Å². The third-order valence-electron chi connectivity index (χ3n) is 6.95. The van der Waals surface area contributed by atoms with E-state index < -0.39 is 0 Å². The van der Waals surface area contributed by atoms with Crippen LogP contribution in [0.1, 0.15) is 59.8 Å². The number of hydrogen-bond donors (Lipinski definition) is 2. The van der Waals surface area contributed by atoms with E-state index in [1.54, 1.807) is 6.20 Å². The number of ether oxygens (including phenoxy) is 1. The van der Waals surface area contributed by atoms with Crippen molar-refractivity contribution in [3.05, 3.63) is 40.8 Å². The fourth-order valence-electron chi connectivity index (χ4n) is 4.76. The summed E-state index contributed by atoms with van der Waals surface area (Å²) < 4.78 is 6.02. The van der Waals surface area contributed by atoms with Crippen LogP contribution in [0.3, 0.4) is 0 Å². The van der Waals surface area contributed by atoms with Crippen LogP contribution in [0.25, 0.3) is 10.9 Å². The maximum Gasteiger partial charge on any atom is 0.277 e. The lowest BCUT2D eigenvalue weighted by atomic mass is 10.2. The van der Waals surface area contributed by atoms with E-state index in [0.717, 1.165) is 50.3 Å². The predicted octanol–water partition coefficient (Wildman–Crippen LogP) is 4.72. The minimum atomic E-state index is -0.312. The van der Waals surface area contributed by atoms with Gasteiger partial charge in [0.15, 0.2) is 0 Å². The second-order valence-electron chi connectivity index (χ2n) is 9.82. The molecule has 4 rings (SSSR count). The van der Waals surface area contributed by atoms with E-state index in [0.29, 0.717) is 41.4 Å². The third-order valence-corrected chi connectivity index (χ3v) is 6.95. The lowest BCUT2D eigenvalue weighted by Crippen LogP contribution is -2.41. The second-order valence-corrected chi connectivity index (χ2v) is 9.82. The van der Waals surface area contributed by atoms with Crippen LogP contribution in [0.15, 0.2) is 35.3 Å². The molecule has 194 valence electrons. The smallest absolute Gasteiger partial charge is 0.277 e. The highest BCUT2D eigenvalue weighted by Crippen LogP contribution is 2.26. The highest BCUT2D eigenvalue weighted by Gasteiger charge is 2.18. The summed E-state index contributed by atoms with van der Waals surface area (Å²) in [5.41, 5.74) is 1.05. The van der Waals surface area contributed by atoms with Gasteiger partial charge in [0.1, 0.15) is 29.1 Å². The first-order valence-corrected chi connectivity index (χ1v) is 13.2. The summed E-state index contributed by atoms with van der Waals surface area (Å²) in [6.45, 7) is 12.3. The van der Waals surface area contributed by atoms with E-state index in [-0.39, 0.29) is 5.56 Å². The zero-order valence-electron chi connectivity index (χ0n) is 22.0. The van der Waals surface area contributed by atoms with Crippen molar-refractivity contribution in [2.75, 3.05) is 36.5 Å². The monoisotopic (exact) mass is 493 g/mol. The molecule has 1 unspecified atom stereocenters. The second kappa shape index (κ2) is 12.2. The van der Waals surface area contributed by atoms with Gasteiger partial charge in [-0.1, -0.05) is 19.8 Å². The van der Waals surface area contributed by atoms with Gasteiger partial charge in [0.2, 0.25) is 5.95 Å². The molecule has 0 spiro atoms. The molecule has 0 amide bonds. The minimum absolute atomic E-state index is 0.312. The van der Waals surface area contributed by atoms with Crippen LogP contribution < -0.4 is 20.5 Å². The molecular weight excluding hydrogens is 454 g/mol. The highest BCUT2D eigenvalue weighted by molar-refractivity contribution is 5.90. The zero-order chi connectivity index (χ0) is 25.5. The van der Waals surface area contributed by atoms with Crippen molar-refractivity contribution in [2.24, 2.45) is 0 Å². The van der Waals surface area contributed by atoms with Gasteiger partial charge in [0, 0.05) is 37.4 Å². The van der Waals surface area contributed by atoms with Crippen LogP contribution in [-0.2, 0) is 0 Å². The molecule has 1 aliphatic rings. The Hall–Kier alpha value is -3.20. The average molecular weight is 494 g/mol. The number of benzene rings is 1. The van der Waals surface area contributed by atoms with E-state index in [2.05, 4.69) is 58.0 Å². The van der Waals surface area contributed by atoms with Crippen LogP contribution in [0, 0.1) is 0 Å². The Morgan fingerprint density at radius 2 is 1.81 bits per heavy atom. The van der Waals surface area contributed by atoms with Crippen molar-refractivity contribution >= 4 is 28.4 Å². The van der Waals surface area contributed by atoms with Gasteiger partial charge < -0.3 is 15.0 Å². The lowest BCUT2D eigenvalue weighted by molar-refractivity contribution is 0.130. The van der Waals surface area contributed by atoms with Gasteiger partial charge in [-0.2, -0.15) is 10.1 Å². The molecule has 0 bridgehead atoms. The van der Waals surface area contributed by atoms with Gasteiger partial charge in [-0.3, -0.25) is 9.69 Å². The standard InChI is InChI=1S/C27H39N7O2/c1-5-20(4)34(19(2)3)16-17-36-22-12-10-21(11-13-22)29-25-24-23(18-28-32-26(24)35)30-27(31-25)33-14-8-6-7-9-15-33/h10-13,18-20H,5-9,14-17H2,1-4H3,(H,32,35)(H,29,30,31). The molecule has 1 saturated heterocycles. The Kier molecular flexibility index (Phi) is 8.74. The molecule has 2 N–H and O–H groups in total. The molecule has 1 aromatic carbocycles. The van der Waals surface area contributed by atoms with Gasteiger partial charge in [-0.25, -0.2) is 10.1 Å². The molecule has 1 fully saturated rings. The summed E-state index contributed by atoms with van der Waals surface area (Å²) in [4.78, 5) is 26.7. The number of nitrogens with one attached hydrogen (secondary N) is 2. The van der Waals surface area contributed by atoms with Crippen molar-refractivity contribution in [1.29, 1.82) is 0 Å². The summed E-state index contributed by atoms with van der Waals surface area (Å²) in [5.74, 6) is 1.93. The molecule has 0 radical (unpaired) electrons. The first-order chi connectivity index (χ1) is 17.5. The number of rotatable bonds is 10. The number of hydrogen-bond acceptors (Lipinski definition) is 8. The maximum absolute atomic E-state index is 12.6. The van der Waals surface area contributed by atoms with Crippen molar-refractivity contribution < 1.29 is 4.74 Å². The normalized spacial score (nSPS) is 15.3. The number of aromatic amines is 1. The van der Waals surface area contributed by atoms with Crippen molar-refractivity contribution in [1.82, 2.24) is 25.1 Å². The number of nitrogens with zero attached hydrogens (tertiary/aromatic N) is 5. The molecule has 2 aromatic heterocycles. The Labute approximate surface area is 213 Å². The largest absolute Gasteiger partial charge is 0.492 e. The zero-order valence-corrected chi connectivity index (χ0v) is 22.0. The predicted molar refractivity (Wildman–Crippen MR) is 145 cm³/mol. The first-order valence-electron chi connectivity index (χ1n) is 13.2. The summed E-state index contributed by atoms with van der Waals surface area (Å²) in [7, 11) is 0. The van der Waals surface area contributed by atoms with Gasteiger partial charge in [0.25, 0.3) is 5.56 Å². The number of H-pyrrole nitrogens is 1. The van der Waals surface area contributed by atoms with Crippen LogP contribution in [0.2, 0.25) is 0 Å². The van der Waals surface area contributed by atoms with Gasteiger partial charge >= 0.3 is 0 Å². The van der Waals surface area contributed by atoms with E-state index >= 15 is 0 Å². The molecule has 36 heavy (non-hydrogen) atoms. The SMILES string of the molecule is CCC(C)N(CCOc1ccc(Nc2nc(N3CCCCCC3)nc3cn[nH]c(=O)c23)cc1)C(C)C. The maximum atomic E-state index is 12.6. The molecule has 3 heterocycles. The Morgan fingerprint density at radius 1 is 1.08 bits per heavy atom. The molecule has 1 atom stereocenters. The molecule has 9 nitrogen and oxygen atoms in total. The van der Waals surface area contributed by atoms with E-state index in [1.807, 2.05) is 24.3 Å². The quantitative estimate of drug-likeness (QED) is 0.418. The Bertz CT molecular complexity index is 1170. The average Bonchev–Trinajstić information content (AvgIpc) is 3.16. The van der Waals surface area contributed by atoms with Crippen molar-refractivity contribution in [3.8, 4) is 5.75 Å². The van der Waals surface area contributed by atoms with Gasteiger partial charge in [0.05, 0.1) is 6.20 Å². The van der Waals surface area contributed by atoms with Gasteiger partial charge in [-0.05, 0) is 64.3 Å². The van der Waals surface area contributed by atoms with Gasteiger partial charge in [-0.15, -0.1) is 0 Å². The summed E-state index contributed by atoms with van der Waals surface area (Å²) in [6.07, 6.45) is 7.38. The molecule has 0 saturated carbocycles. The van der Waals surface area contributed by atoms with Crippen LogP contribution >= 0.6 is 0 Å². The number of anilines is 3. The molecule has 0 aliphatic carbocycles. The van der Waals surface area contributed by atoms with E-state index in [4.69, 9.17) is 9.72 Å². The number of aromatic nitrogens is 4. The lowest BCUT2D eigenvalue weighted by Gasteiger charge is -2.32. The first kappa shape index (κ1) is 25.9. The fourth-order valence-corrected chi connectivity index (χ4v) is 4.76. The molecular formula is C27H39N7O2. The summed E-state index contributed by atoms with van der Waals surface area (Å²) in [6, 6.07) is 8.78. The summed E-state index contributed by atoms with van der Waals surface area (Å²) in [5, 5.41) is 10.2. The molecule has 3 aromatic rings. The number of fused-ring (bicyclic) bond motifs is 1. The van der Waals surface area contributed by atoms with Crippen molar-refractivity contribution in [3.63, 3.8) is 0 Å². The molecule has 1 aliphatic heterocycles.